The fourth-order valence-electron chi connectivity index (χ4n) is 1.90. The minimum Gasteiger partial charge on any atom is -0.368 e. The van der Waals surface area contributed by atoms with Crippen LogP contribution in [0.3, 0.4) is 0 Å². The Hall–Kier alpha value is -1.62. The van der Waals surface area contributed by atoms with E-state index < -0.39 is 0 Å². The number of nitrogens with one attached hydrogen (secondary N) is 1. The Labute approximate surface area is 107 Å². The molecule has 0 spiro atoms. The van der Waals surface area contributed by atoms with E-state index >= 15 is 0 Å². The molecule has 1 aromatic heterocycles. The molecule has 1 amide bonds. The Morgan fingerprint density at radius 2 is 2.44 bits per heavy atom. The van der Waals surface area contributed by atoms with Crippen LogP contribution in [0.2, 0.25) is 0 Å². The average Bonchev–Trinajstić information content (AvgIpc) is 2.90. The van der Waals surface area contributed by atoms with Gasteiger partial charge in [0.05, 0.1) is 0 Å². The van der Waals surface area contributed by atoms with Gasteiger partial charge in [-0.15, -0.1) is 0 Å². The number of carbonyl (C=O) groups excluding carboxylic acids is 1. The molecule has 2 heterocycles. The largest absolute Gasteiger partial charge is 0.368 e. The van der Waals surface area contributed by atoms with Gasteiger partial charge in [0, 0.05) is 33.4 Å². The lowest BCUT2D eigenvalue weighted by Crippen LogP contribution is -2.33. The standard InChI is InChI=1S/C13H19N3O2/c1-16(2)12-8-10(5-6-14-12)9-15-13(17)11-4-3-7-18-11/h5-6,8,11H,3-4,7,9H2,1-2H3,(H,15,17)/t11-/m1/s1. The zero-order valence-corrected chi connectivity index (χ0v) is 10.8. The Morgan fingerprint density at radius 1 is 1.61 bits per heavy atom. The molecule has 1 aliphatic rings. The maximum Gasteiger partial charge on any atom is 0.249 e. The second-order valence-electron chi connectivity index (χ2n) is 4.64. The summed E-state index contributed by atoms with van der Waals surface area (Å²) in [5, 5.41) is 2.90. The van der Waals surface area contributed by atoms with Crippen molar-refractivity contribution in [3.05, 3.63) is 23.9 Å². The lowest BCUT2D eigenvalue weighted by Gasteiger charge is -2.13. The van der Waals surface area contributed by atoms with Crippen molar-refractivity contribution in [1.82, 2.24) is 10.3 Å². The summed E-state index contributed by atoms with van der Waals surface area (Å²) >= 11 is 0. The predicted octanol–water partition coefficient (Wildman–Crippen LogP) is 0.943. The van der Waals surface area contributed by atoms with Crippen molar-refractivity contribution in [3.8, 4) is 0 Å². The summed E-state index contributed by atoms with van der Waals surface area (Å²) in [4.78, 5) is 17.9. The lowest BCUT2D eigenvalue weighted by atomic mass is 10.2. The Morgan fingerprint density at radius 3 is 3.11 bits per heavy atom. The average molecular weight is 249 g/mol. The van der Waals surface area contributed by atoms with Gasteiger partial charge in [0.25, 0.3) is 0 Å². The van der Waals surface area contributed by atoms with Crippen LogP contribution in [-0.2, 0) is 16.1 Å². The number of ether oxygens (including phenoxy) is 1. The first kappa shape index (κ1) is 12.8. The molecule has 1 aromatic rings. The van der Waals surface area contributed by atoms with Crippen molar-refractivity contribution in [2.75, 3.05) is 25.6 Å². The van der Waals surface area contributed by atoms with Crippen LogP contribution in [0.5, 0.6) is 0 Å². The van der Waals surface area contributed by atoms with E-state index in [4.69, 9.17) is 4.74 Å². The van der Waals surface area contributed by atoms with Gasteiger partial charge in [-0.3, -0.25) is 4.79 Å². The van der Waals surface area contributed by atoms with Crippen LogP contribution in [0, 0.1) is 0 Å². The van der Waals surface area contributed by atoms with Gasteiger partial charge in [-0.1, -0.05) is 0 Å². The number of rotatable bonds is 4. The van der Waals surface area contributed by atoms with Crippen molar-refractivity contribution >= 4 is 11.7 Å². The van der Waals surface area contributed by atoms with Crippen LogP contribution in [-0.4, -0.2) is 37.7 Å². The summed E-state index contributed by atoms with van der Waals surface area (Å²) in [6, 6.07) is 3.87. The number of carbonyl (C=O) groups is 1. The van der Waals surface area contributed by atoms with Gasteiger partial charge < -0.3 is 15.0 Å². The van der Waals surface area contributed by atoms with Crippen LogP contribution in [0.4, 0.5) is 5.82 Å². The molecule has 0 unspecified atom stereocenters. The molecular formula is C13H19N3O2. The Balaban J connectivity index is 1.89. The van der Waals surface area contributed by atoms with Crippen molar-refractivity contribution in [2.24, 2.45) is 0 Å². The molecule has 5 nitrogen and oxygen atoms in total. The number of pyridine rings is 1. The minimum absolute atomic E-state index is 0.0179. The normalized spacial score (nSPS) is 18.7. The third-order valence-corrected chi connectivity index (χ3v) is 2.96. The summed E-state index contributed by atoms with van der Waals surface area (Å²) < 4.78 is 5.33. The van der Waals surface area contributed by atoms with Crippen molar-refractivity contribution in [1.29, 1.82) is 0 Å². The van der Waals surface area contributed by atoms with Gasteiger partial charge >= 0.3 is 0 Å². The van der Waals surface area contributed by atoms with E-state index in [1.807, 2.05) is 31.1 Å². The highest BCUT2D eigenvalue weighted by Gasteiger charge is 2.22. The first-order valence-electron chi connectivity index (χ1n) is 6.18. The molecular weight excluding hydrogens is 230 g/mol. The zero-order valence-electron chi connectivity index (χ0n) is 10.8. The van der Waals surface area contributed by atoms with Gasteiger partial charge in [0.2, 0.25) is 5.91 Å². The van der Waals surface area contributed by atoms with E-state index in [-0.39, 0.29) is 12.0 Å². The summed E-state index contributed by atoms with van der Waals surface area (Å²) in [5.41, 5.74) is 1.04. The first-order valence-corrected chi connectivity index (χ1v) is 6.18. The number of aromatic nitrogens is 1. The molecule has 1 fully saturated rings. The van der Waals surface area contributed by atoms with E-state index in [2.05, 4.69) is 10.3 Å². The number of hydrogen-bond acceptors (Lipinski definition) is 4. The number of hydrogen-bond donors (Lipinski definition) is 1. The number of amides is 1. The second kappa shape index (κ2) is 5.82. The van der Waals surface area contributed by atoms with Crippen LogP contribution in [0.25, 0.3) is 0 Å². The third kappa shape index (κ3) is 3.20. The Kier molecular flexibility index (Phi) is 4.15. The van der Waals surface area contributed by atoms with Crippen LogP contribution in [0.1, 0.15) is 18.4 Å². The highest BCUT2D eigenvalue weighted by atomic mass is 16.5. The predicted molar refractivity (Wildman–Crippen MR) is 69.4 cm³/mol. The summed E-state index contributed by atoms with van der Waals surface area (Å²) in [6.07, 6.45) is 3.28. The van der Waals surface area contributed by atoms with E-state index in [0.29, 0.717) is 13.2 Å². The quantitative estimate of drug-likeness (QED) is 0.863. The molecule has 5 heteroatoms. The minimum atomic E-state index is -0.264. The first-order chi connectivity index (χ1) is 8.66. The maximum absolute atomic E-state index is 11.8. The lowest BCUT2D eigenvalue weighted by molar-refractivity contribution is -0.130. The van der Waals surface area contributed by atoms with E-state index in [0.717, 1.165) is 24.2 Å². The molecule has 0 aliphatic carbocycles. The SMILES string of the molecule is CN(C)c1cc(CNC(=O)[C@H]2CCCO2)ccn1. The molecule has 2 rings (SSSR count). The fourth-order valence-corrected chi connectivity index (χ4v) is 1.90. The second-order valence-corrected chi connectivity index (χ2v) is 4.64. The molecule has 1 N–H and O–H groups in total. The Bertz CT molecular complexity index is 414. The summed E-state index contributed by atoms with van der Waals surface area (Å²) in [5.74, 6) is 0.870. The monoisotopic (exact) mass is 249 g/mol. The molecule has 1 atom stereocenters. The molecule has 0 bridgehead atoms. The van der Waals surface area contributed by atoms with E-state index in [9.17, 15) is 4.79 Å². The molecule has 1 aliphatic heterocycles. The van der Waals surface area contributed by atoms with Crippen LogP contribution in [0.15, 0.2) is 18.3 Å². The van der Waals surface area contributed by atoms with Gasteiger partial charge in [0.15, 0.2) is 0 Å². The van der Waals surface area contributed by atoms with Crippen LogP contribution < -0.4 is 10.2 Å². The van der Waals surface area contributed by atoms with E-state index in [1.54, 1.807) is 6.20 Å². The van der Waals surface area contributed by atoms with Gasteiger partial charge in [0.1, 0.15) is 11.9 Å². The number of nitrogens with zero attached hydrogens (tertiary/aromatic N) is 2. The zero-order chi connectivity index (χ0) is 13.0. The molecule has 1 saturated heterocycles. The van der Waals surface area contributed by atoms with Gasteiger partial charge in [-0.05, 0) is 30.5 Å². The maximum atomic E-state index is 11.8. The van der Waals surface area contributed by atoms with Gasteiger partial charge in [-0.25, -0.2) is 4.98 Å². The number of anilines is 1. The van der Waals surface area contributed by atoms with E-state index in [1.165, 1.54) is 0 Å². The molecule has 0 saturated carbocycles. The van der Waals surface area contributed by atoms with Crippen molar-refractivity contribution in [2.45, 2.75) is 25.5 Å². The van der Waals surface area contributed by atoms with Crippen molar-refractivity contribution < 1.29 is 9.53 Å². The highest BCUT2D eigenvalue weighted by Crippen LogP contribution is 2.13. The van der Waals surface area contributed by atoms with Crippen molar-refractivity contribution in [3.63, 3.8) is 0 Å². The topological polar surface area (TPSA) is 54.5 Å². The molecule has 18 heavy (non-hydrogen) atoms. The molecule has 0 radical (unpaired) electrons. The van der Waals surface area contributed by atoms with Gasteiger partial charge in [-0.2, -0.15) is 0 Å². The van der Waals surface area contributed by atoms with Crippen LogP contribution >= 0.6 is 0 Å². The summed E-state index contributed by atoms with van der Waals surface area (Å²) in [6.45, 7) is 1.21. The molecule has 0 aromatic carbocycles. The third-order valence-electron chi connectivity index (χ3n) is 2.96. The molecule has 98 valence electrons. The smallest absolute Gasteiger partial charge is 0.249 e. The summed E-state index contributed by atoms with van der Waals surface area (Å²) in [7, 11) is 3.88. The fraction of sp³-hybridized carbons (Fsp3) is 0.538. The highest BCUT2D eigenvalue weighted by molar-refractivity contribution is 5.80.